The molecule has 0 amide bonds. The summed E-state index contributed by atoms with van der Waals surface area (Å²) in [5.74, 6) is 0.729. The first-order chi connectivity index (χ1) is 6.87. The molecular formula is C10H22N2O2S. The average molecular weight is 234 g/mol. The molecule has 3 N–H and O–H groups in total. The number of rotatable bonds is 5. The van der Waals surface area contributed by atoms with Crippen LogP contribution in [-0.4, -0.2) is 27.8 Å². The van der Waals surface area contributed by atoms with E-state index >= 15 is 0 Å². The lowest BCUT2D eigenvalue weighted by atomic mass is 9.82. The fourth-order valence-corrected chi connectivity index (χ4v) is 2.98. The van der Waals surface area contributed by atoms with E-state index in [0.29, 0.717) is 13.1 Å². The third kappa shape index (κ3) is 4.09. The van der Waals surface area contributed by atoms with Crippen molar-refractivity contribution >= 4 is 10.0 Å². The van der Waals surface area contributed by atoms with Crippen LogP contribution < -0.4 is 10.5 Å². The fraction of sp³-hybridized carbons (Fsp3) is 1.00. The largest absolute Gasteiger partial charge is 0.330 e. The highest BCUT2D eigenvalue weighted by molar-refractivity contribution is 7.88. The Balaban J connectivity index is 2.41. The second-order valence-corrected chi connectivity index (χ2v) is 6.80. The van der Waals surface area contributed by atoms with Crippen molar-refractivity contribution in [1.82, 2.24) is 4.72 Å². The van der Waals surface area contributed by atoms with Gasteiger partial charge in [0.2, 0.25) is 10.0 Å². The highest BCUT2D eigenvalue weighted by Crippen LogP contribution is 2.43. The number of hydrogen-bond donors (Lipinski definition) is 2. The Hall–Kier alpha value is -0.130. The minimum absolute atomic E-state index is 0.178. The van der Waals surface area contributed by atoms with Gasteiger partial charge in [0.1, 0.15) is 0 Å². The molecule has 0 saturated heterocycles. The van der Waals surface area contributed by atoms with E-state index in [9.17, 15) is 8.42 Å². The van der Waals surface area contributed by atoms with E-state index in [0.717, 1.165) is 25.2 Å². The maximum atomic E-state index is 10.9. The molecule has 90 valence electrons. The Kier molecular flexibility index (Phi) is 4.14. The lowest BCUT2D eigenvalue weighted by molar-refractivity contribution is 0.275. The maximum Gasteiger partial charge on any atom is 0.208 e. The Labute approximate surface area is 92.7 Å². The smallest absolute Gasteiger partial charge is 0.208 e. The SMILES string of the molecule is CC1CCC(CN)(CCNS(C)(=O)=O)C1. The molecule has 0 aliphatic heterocycles. The van der Waals surface area contributed by atoms with Crippen LogP contribution in [0.3, 0.4) is 0 Å². The molecule has 0 aromatic rings. The molecule has 2 atom stereocenters. The van der Waals surface area contributed by atoms with Crippen LogP contribution in [0, 0.1) is 11.3 Å². The van der Waals surface area contributed by atoms with Gasteiger partial charge in [-0.1, -0.05) is 13.3 Å². The molecule has 0 spiro atoms. The van der Waals surface area contributed by atoms with Gasteiger partial charge in [0.25, 0.3) is 0 Å². The molecule has 0 heterocycles. The van der Waals surface area contributed by atoms with Crippen LogP contribution >= 0.6 is 0 Å². The van der Waals surface area contributed by atoms with Gasteiger partial charge in [0.15, 0.2) is 0 Å². The van der Waals surface area contributed by atoms with E-state index < -0.39 is 10.0 Å². The van der Waals surface area contributed by atoms with Gasteiger partial charge in [-0.25, -0.2) is 13.1 Å². The molecule has 1 rings (SSSR count). The monoisotopic (exact) mass is 234 g/mol. The predicted molar refractivity (Wildman–Crippen MR) is 62.0 cm³/mol. The van der Waals surface area contributed by atoms with E-state index in [4.69, 9.17) is 5.73 Å². The zero-order valence-corrected chi connectivity index (χ0v) is 10.4. The van der Waals surface area contributed by atoms with Gasteiger partial charge in [-0.3, -0.25) is 0 Å². The van der Waals surface area contributed by atoms with Crippen molar-refractivity contribution in [3.63, 3.8) is 0 Å². The third-order valence-electron chi connectivity index (χ3n) is 3.40. The first-order valence-corrected chi connectivity index (χ1v) is 7.41. The van der Waals surface area contributed by atoms with Crippen molar-refractivity contribution in [2.45, 2.75) is 32.6 Å². The van der Waals surface area contributed by atoms with Crippen LogP contribution in [0.15, 0.2) is 0 Å². The van der Waals surface area contributed by atoms with Gasteiger partial charge >= 0.3 is 0 Å². The Morgan fingerprint density at radius 2 is 2.20 bits per heavy atom. The van der Waals surface area contributed by atoms with Gasteiger partial charge in [-0.05, 0) is 37.1 Å². The Bertz CT molecular complexity index is 303. The molecule has 1 fully saturated rings. The van der Waals surface area contributed by atoms with Gasteiger partial charge < -0.3 is 5.73 Å². The van der Waals surface area contributed by atoms with E-state index in [1.807, 2.05) is 0 Å². The molecule has 1 aliphatic rings. The third-order valence-corrected chi connectivity index (χ3v) is 4.13. The van der Waals surface area contributed by atoms with Crippen molar-refractivity contribution in [3.8, 4) is 0 Å². The summed E-state index contributed by atoms with van der Waals surface area (Å²) in [6.45, 7) is 3.42. The van der Waals surface area contributed by atoms with Crippen LogP contribution in [-0.2, 0) is 10.0 Å². The summed E-state index contributed by atoms with van der Waals surface area (Å²) in [6, 6.07) is 0. The summed E-state index contributed by atoms with van der Waals surface area (Å²) in [7, 11) is -3.06. The Morgan fingerprint density at radius 3 is 2.60 bits per heavy atom. The standard InChI is InChI=1S/C10H22N2O2S/c1-9-3-4-10(7-9,8-11)5-6-12-15(2,13)14/h9,12H,3-8,11H2,1-2H3. The van der Waals surface area contributed by atoms with E-state index in [-0.39, 0.29) is 5.41 Å². The molecule has 15 heavy (non-hydrogen) atoms. The lowest BCUT2D eigenvalue weighted by Crippen LogP contribution is -2.33. The van der Waals surface area contributed by atoms with Gasteiger partial charge in [-0.2, -0.15) is 0 Å². The zero-order chi connectivity index (χ0) is 11.5. The number of nitrogens with two attached hydrogens (primary N) is 1. The van der Waals surface area contributed by atoms with Crippen molar-refractivity contribution in [2.24, 2.45) is 17.1 Å². The second kappa shape index (κ2) is 4.80. The molecule has 0 bridgehead atoms. The molecule has 5 heteroatoms. The van der Waals surface area contributed by atoms with Crippen molar-refractivity contribution in [2.75, 3.05) is 19.3 Å². The van der Waals surface area contributed by atoms with Crippen LogP contribution in [0.5, 0.6) is 0 Å². The van der Waals surface area contributed by atoms with Crippen molar-refractivity contribution in [1.29, 1.82) is 0 Å². The van der Waals surface area contributed by atoms with E-state index in [2.05, 4.69) is 11.6 Å². The number of nitrogens with one attached hydrogen (secondary N) is 1. The van der Waals surface area contributed by atoms with E-state index in [1.54, 1.807) is 0 Å². The minimum Gasteiger partial charge on any atom is -0.330 e. The predicted octanol–water partition coefficient (Wildman–Crippen LogP) is 0.691. The maximum absolute atomic E-state index is 10.9. The minimum atomic E-state index is -3.06. The highest BCUT2D eigenvalue weighted by atomic mass is 32.2. The summed E-state index contributed by atoms with van der Waals surface area (Å²) in [5, 5.41) is 0. The molecule has 0 radical (unpaired) electrons. The normalized spacial score (nSPS) is 32.1. The first kappa shape index (κ1) is 12.9. The number of hydrogen-bond acceptors (Lipinski definition) is 3. The van der Waals surface area contributed by atoms with Crippen LogP contribution in [0.2, 0.25) is 0 Å². The van der Waals surface area contributed by atoms with Crippen molar-refractivity contribution in [3.05, 3.63) is 0 Å². The molecule has 1 saturated carbocycles. The van der Waals surface area contributed by atoms with Gasteiger partial charge in [-0.15, -0.1) is 0 Å². The van der Waals surface area contributed by atoms with Gasteiger partial charge in [0, 0.05) is 6.54 Å². The van der Waals surface area contributed by atoms with Crippen LogP contribution in [0.1, 0.15) is 32.6 Å². The Morgan fingerprint density at radius 1 is 1.53 bits per heavy atom. The quantitative estimate of drug-likeness (QED) is 0.735. The lowest BCUT2D eigenvalue weighted by Gasteiger charge is -2.27. The molecule has 0 aromatic carbocycles. The summed E-state index contributed by atoms with van der Waals surface area (Å²) in [6.07, 6.45) is 5.54. The van der Waals surface area contributed by atoms with Gasteiger partial charge in [0.05, 0.1) is 6.26 Å². The first-order valence-electron chi connectivity index (χ1n) is 5.52. The summed E-state index contributed by atoms with van der Waals surface area (Å²) >= 11 is 0. The number of sulfonamides is 1. The molecule has 4 nitrogen and oxygen atoms in total. The highest BCUT2D eigenvalue weighted by Gasteiger charge is 2.35. The fourth-order valence-electron chi connectivity index (χ4n) is 2.51. The molecule has 0 aromatic heterocycles. The van der Waals surface area contributed by atoms with Crippen LogP contribution in [0.25, 0.3) is 0 Å². The molecular weight excluding hydrogens is 212 g/mol. The van der Waals surface area contributed by atoms with E-state index in [1.165, 1.54) is 12.7 Å². The van der Waals surface area contributed by atoms with Crippen LogP contribution in [0.4, 0.5) is 0 Å². The van der Waals surface area contributed by atoms with Crippen molar-refractivity contribution < 1.29 is 8.42 Å². The summed E-state index contributed by atoms with van der Waals surface area (Å²) in [5.41, 5.74) is 5.98. The second-order valence-electron chi connectivity index (χ2n) is 4.97. The topological polar surface area (TPSA) is 72.2 Å². The zero-order valence-electron chi connectivity index (χ0n) is 9.62. The molecule has 2 unspecified atom stereocenters. The summed E-state index contributed by atoms with van der Waals surface area (Å²) in [4.78, 5) is 0. The average Bonchev–Trinajstić information content (AvgIpc) is 2.46. The summed E-state index contributed by atoms with van der Waals surface area (Å²) < 4.78 is 24.4. The molecule has 1 aliphatic carbocycles.